The lowest BCUT2D eigenvalue weighted by atomic mass is 10.1. The molecule has 0 saturated carbocycles. The zero-order valence-corrected chi connectivity index (χ0v) is 11.2. The van der Waals surface area contributed by atoms with Crippen LogP contribution in [-0.4, -0.2) is 29.1 Å². The van der Waals surface area contributed by atoms with E-state index in [0.717, 1.165) is 22.6 Å². The van der Waals surface area contributed by atoms with Crippen LogP contribution in [0.25, 0.3) is 0 Å². The molecule has 1 aromatic heterocycles. The number of hydrogen-bond acceptors (Lipinski definition) is 4. The van der Waals surface area contributed by atoms with Crippen LogP contribution in [0.4, 0.5) is 10.5 Å². The molecular formula is C11H17N5OS. The Labute approximate surface area is 111 Å². The predicted molar refractivity (Wildman–Crippen MR) is 75.7 cm³/mol. The molecule has 1 rings (SSSR count). The molecule has 0 bridgehead atoms. The fraction of sp³-hybridized carbons (Fsp3) is 0.364. The first-order valence-electron chi connectivity index (χ1n) is 5.47. The van der Waals surface area contributed by atoms with Crippen molar-refractivity contribution in [1.29, 1.82) is 0 Å². The molecule has 6 nitrogen and oxygen atoms in total. The third kappa shape index (κ3) is 3.85. The summed E-state index contributed by atoms with van der Waals surface area (Å²) < 4.78 is 0. The average molecular weight is 267 g/mol. The SMILES string of the molecule is Cc1cc(NCCNC(N)=O)c(C(N)=S)c(C)n1. The highest BCUT2D eigenvalue weighted by molar-refractivity contribution is 7.80. The van der Waals surface area contributed by atoms with Gasteiger partial charge in [0.05, 0.1) is 5.56 Å². The number of thiocarbonyl (C=S) groups is 1. The van der Waals surface area contributed by atoms with Gasteiger partial charge in [0.1, 0.15) is 4.99 Å². The molecule has 1 heterocycles. The minimum absolute atomic E-state index is 0.297. The molecule has 6 N–H and O–H groups in total. The molecule has 2 amide bonds. The summed E-state index contributed by atoms with van der Waals surface area (Å²) in [5.74, 6) is 0. The van der Waals surface area contributed by atoms with Crippen molar-refractivity contribution in [2.45, 2.75) is 13.8 Å². The molecule has 0 unspecified atom stereocenters. The summed E-state index contributed by atoms with van der Waals surface area (Å²) >= 11 is 5.01. The molecule has 0 radical (unpaired) electrons. The number of primary amides is 1. The Morgan fingerprint density at radius 3 is 2.61 bits per heavy atom. The first-order valence-corrected chi connectivity index (χ1v) is 5.88. The van der Waals surface area contributed by atoms with E-state index in [1.54, 1.807) is 0 Å². The van der Waals surface area contributed by atoms with Crippen molar-refractivity contribution in [2.75, 3.05) is 18.4 Å². The minimum Gasteiger partial charge on any atom is -0.389 e. The Balaban J connectivity index is 2.80. The van der Waals surface area contributed by atoms with Gasteiger partial charge < -0.3 is 22.1 Å². The summed E-state index contributed by atoms with van der Waals surface area (Å²) in [4.78, 5) is 15.1. The van der Waals surface area contributed by atoms with E-state index in [2.05, 4.69) is 15.6 Å². The lowest BCUT2D eigenvalue weighted by Gasteiger charge is -2.14. The predicted octanol–water partition coefficient (Wildman–Crippen LogP) is 0.413. The molecule has 98 valence electrons. The number of amides is 2. The topological polar surface area (TPSA) is 106 Å². The van der Waals surface area contributed by atoms with E-state index in [1.165, 1.54) is 0 Å². The molecule has 1 aromatic rings. The fourth-order valence-corrected chi connectivity index (χ4v) is 1.92. The van der Waals surface area contributed by atoms with Crippen LogP contribution in [0, 0.1) is 13.8 Å². The first kappa shape index (κ1) is 14.2. The van der Waals surface area contributed by atoms with Crippen LogP contribution in [0.1, 0.15) is 17.0 Å². The summed E-state index contributed by atoms with van der Waals surface area (Å²) in [6.45, 7) is 4.70. The van der Waals surface area contributed by atoms with Crippen LogP contribution in [0.15, 0.2) is 6.07 Å². The third-order valence-corrected chi connectivity index (χ3v) is 2.52. The van der Waals surface area contributed by atoms with Crippen LogP contribution in [-0.2, 0) is 0 Å². The second-order valence-corrected chi connectivity index (χ2v) is 4.29. The number of nitrogens with two attached hydrogens (primary N) is 2. The zero-order chi connectivity index (χ0) is 13.7. The second kappa shape index (κ2) is 6.15. The van der Waals surface area contributed by atoms with Crippen LogP contribution in [0.5, 0.6) is 0 Å². The van der Waals surface area contributed by atoms with Gasteiger partial charge in [0.2, 0.25) is 0 Å². The monoisotopic (exact) mass is 267 g/mol. The van der Waals surface area contributed by atoms with Crippen LogP contribution < -0.4 is 22.1 Å². The molecule has 0 saturated heterocycles. The van der Waals surface area contributed by atoms with Gasteiger partial charge in [0.25, 0.3) is 0 Å². The van der Waals surface area contributed by atoms with Gasteiger partial charge in [-0.15, -0.1) is 0 Å². The van der Waals surface area contributed by atoms with E-state index in [1.807, 2.05) is 19.9 Å². The highest BCUT2D eigenvalue weighted by Gasteiger charge is 2.10. The number of urea groups is 1. The van der Waals surface area contributed by atoms with E-state index >= 15 is 0 Å². The van der Waals surface area contributed by atoms with Crippen LogP contribution in [0.3, 0.4) is 0 Å². The van der Waals surface area contributed by atoms with Crippen molar-refractivity contribution in [1.82, 2.24) is 10.3 Å². The van der Waals surface area contributed by atoms with Crippen LogP contribution in [0.2, 0.25) is 0 Å². The Bertz CT molecular complexity index is 475. The number of carbonyl (C=O) groups excluding carboxylic acids is 1. The van der Waals surface area contributed by atoms with E-state index in [0.29, 0.717) is 18.1 Å². The Morgan fingerprint density at radius 1 is 1.39 bits per heavy atom. The normalized spacial score (nSPS) is 9.89. The molecule has 0 fully saturated rings. The number of rotatable bonds is 5. The summed E-state index contributed by atoms with van der Waals surface area (Å²) in [5.41, 5.74) is 13.9. The number of nitrogens with zero attached hydrogens (tertiary/aromatic N) is 1. The van der Waals surface area contributed by atoms with E-state index < -0.39 is 6.03 Å². The highest BCUT2D eigenvalue weighted by atomic mass is 32.1. The van der Waals surface area contributed by atoms with Crippen molar-refractivity contribution in [3.05, 3.63) is 23.0 Å². The fourth-order valence-electron chi connectivity index (χ4n) is 1.66. The third-order valence-electron chi connectivity index (χ3n) is 2.31. The number of hydrogen-bond donors (Lipinski definition) is 4. The molecule has 0 atom stereocenters. The van der Waals surface area contributed by atoms with E-state index in [4.69, 9.17) is 23.7 Å². The maximum Gasteiger partial charge on any atom is 0.312 e. The van der Waals surface area contributed by atoms with Crippen molar-refractivity contribution in [3.8, 4) is 0 Å². The summed E-state index contributed by atoms with van der Waals surface area (Å²) in [6.07, 6.45) is 0. The van der Waals surface area contributed by atoms with E-state index in [-0.39, 0.29) is 0 Å². The smallest absolute Gasteiger partial charge is 0.312 e. The van der Waals surface area contributed by atoms with Gasteiger partial charge in [-0.05, 0) is 19.9 Å². The Kier molecular flexibility index (Phi) is 4.85. The molecule has 0 aliphatic heterocycles. The molecular weight excluding hydrogens is 250 g/mol. The molecule has 0 aliphatic carbocycles. The summed E-state index contributed by atoms with van der Waals surface area (Å²) in [5, 5.41) is 5.64. The Hall–Kier alpha value is -1.89. The largest absolute Gasteiger partial charge is 0.389 e. The van der Waals surface area contributed by atoms with Crippen molar-refractivity contribution >= 4 is 28.9 Å². The quantitative estimate of drug-likeness (QED) is 0.457. The highest BCUT2D eigenvalue weighted by Crippen LogP contribution is 2.19. The number of aryl methyl sites for hydroxylation is 2. The molecule has 7 heteroatoms. The van der Waals surface area contributed by atoms with Crippen molar-refractivity contribution in [2.24, 2.45) is 11.5 Å². The molecule has 18 heavy (non-hydrogen) atoms. The minimum atomic E-state index is -0.548. The molecule has 0 spiro atoms. The summed E-state index contributed by atoms with van der Waals surface area (Å²) in [7, 11) is 0. The number of carbonyl (C=O) groups is 1. The van der Waals surface area contributed by atoms with Gasteiger partial charge in [0, 0.05) is 30.2 Å². The number of pyridine rings is 1. The van der Waals surface area contributed by atoms with Crippen molar-refractivity contribution in [3.63, 3.8) is 0 Å². The number of nitrogens with one attached hydrogen (secondary N) is 2. The second-order valence-electron chi connectivity index (χ2n) is 3.85. The lowest BCUT2D eigenvalue weighted by molar-refractivity contribution is 0.249. The van der Waals surface area contributed by atoms with Gasteiger partial charge in [-0.25, -0.2) is 4.79 Å². The van der Waals surface area contributed by atoms with Gasteiger partial charge in [-0.1, -0.05) is 12.2 Å². The van der Waals surface area contributed by atoms with Gasteiger partial charge >= 0.3 is 6.03 Å². The first-order chi connectivity index (χ1) is 8.41. The molecule has 0 aliphatic rings. The van der Waals surface area contributed by atoms with Crippen molar-refractivity contribution < 1.29 is 4.79 Å². The van der Waals surface area contributed by atoms with Crippen LogP contribution >= 0.6 is 12.2 Å². The van der Waals surface area contributed by atoms with E-state index in [9.17, 15) is 4.79 Å². The van der Waals surface area contributed by atoms with Gasteiger partial charge in [0.15, 0.2) is 0 Å². The lowest BCUT2D eigenvalue weighted by Crippen LogP contribution is -2.33. The molecule has 0 aromatic carbocycles. The summed E-state index contributed by atoms with van der Waals surface area (Å²) in [6, 6.07) is 1.32. The standard InChI is InChI=1S/C11H17N5OS/c1-6-5-8(14-3-4-15-11(13)17)9(10(12)18)7(2)16-6/h5H,3-4H2,1-2H3,(H2,12,18)(H,14,16)(H3,13,15,17). The maximum absolute atomic E-state index is 10.5. The van der Waals surface area contributed by atoms with Gasteiger partial charge in [-0.2, -0.15) is 0 Å². The average Bonchev–Trinajstić information content (AvgIpc) is 2.22. The number of anilines is 1. The number of aromatic nitrogens is 1. The maximum atomic E-state index is 10.5. The van der Waals surface area contributed by atoms with Gasteiger partial charge in [-0.3, -0.25) is 4.98 Å². The Morgan fingerprint density at radius 2 is 2.06 bits per heavy atom. The zero-order valence-electron chi connectivity index (χ0n) is 10.4.